The van der Waals surface area contributed by atoms with E-state index in [-0.39, 0.29) is 16.4 Å². The zero-order valence-corrected chi connectivity index (χ0v) is 13.8. The van der Waals surface area contributed by atoms with Gasteiger partial charge in [-0.05, 0) is 30.3 Å². The van der Waals surface area contributed by atoms with Crippen LogP contribution >= 0.6 is 11.6 Å². The second kappa shape index (κ2) is 6.90. The fourth-order valence-corrected chi connectivity index (χ4v) is 2.43. The molecule has 0 saturated heterocycles. The summed E-state index contributed by atoms with van der Waals surface area (Å²) in [6.45, 7) is 0. The van der Waals surface area contributed by atoms with E-state index in [2.05, 4.69) is 15.7 Å². The Balaban J connectivity index is 1.87. The van der Waals surface area contributed by atoms with Gasteiger partial charge >= 0.3 is 0 Å². The number of aromatic nitrogens is 2. The quantitative estimate of drug-likeness (QED) is 0.725. The van der Waals surface area contributed by atoms with E-state index in [0.717, 1.165) is 0 Å². The number of carbonyl (C=O) groups excluding carboxylic acids is 1. The first-order valence-corrected chi connectivity index (χ1v) is 7.63. The average molecular weight is 363 g/mol. The highest BCUT2D eigenvalue weighted by Gasteiger charge is 2.18. The third-order valence-corrected chi connectivity index (χ3v) is 3.64. The summed E-state index contributed by atoms with van der Waals surface area (Å²) in [7, 11) is 1.63. The maximum atomic E-state index is 13.9. The van der Waals surface area contributed by atoms with Crippen LogP contribution in [0.1, 0.15) is 10.5 Å². The van der Waals surface area contributed by atoms with Crippen LogP contribution in [0.5, 0.6) is 0 Å². The van der Waals surface area contributed by atoms with Gasteiger partial charge in [0, 0.05) is 18.9 Å². The lowest BCUT2D eigenvalue weighted by atomic mass is 10.2. The molecule has 5 nitrogen and oxygen atoms in total. The molecule has 1 aromatic heterocycles. The van der Waals surface area contributed by atoms with Gasteiger partial charge in [-0.3, -0.25) is 9.48 Å². The molecule has 1 amide bonds. The molecule has 0 unspecified atom stereocenters. The van der Waals surface area contributed by atoms with Crippen molar-refractivity contribution in [2.45, 2.75) is 0 Å². The molecule has 0 fully saturated rings. The highest BCUT2D eigenvalue weighted by Crippen LogP contribution is 2.25. The number of hydrogen-bond donors (Lipinski definition) is 2. The van der Waals surface area contributed by atoms with E-state index < -0.39 is 17.5 Å². The Labute approximate surface area is 147 Å². The lowest BCUT2D eigenvalue weighted by Gasteiger charge is -2.08. The minimum atomic E-state index is -0.729. The Kier molecular flexibility index (Phi) is 4.67. The van der Waals surface area contributed by atoms with Gasteiger partial charge in [-0.1, -0.05) is 23.7 Å². The normalized spacial score (nSPS) is 10.6. The molecule has 3 rings (SSSR count). The SMILES string of the molecule is Cn1cc(Nc2cccc(F)c2)c(C(=O)Nc2cccc(Cl)c2F)n1. The first-order valence-electron chi connectivity index (χ1n) is 7.25. The summed E-state index contributed by atoms with van der Waals surface area (Å²) in [5, 5.41) is 9.32. The van der Waals surface area contributed by atoms with Crippen LogP contribution in [0.2, 0.25) is 5.02 Å². The Morgan fingerprint density at radius 3 is 2.68 bits per heavy atom. The number of amides is 1. The van der Waals surface area contributed by atoms with E-state index in [4.69, 9.17) is 11.6 Å². The van der Waals surface area contributed by atoms with E-state index >= 15 is 0 Å². The van der Waals surface area contributed by atoms with Crippen LogP contribution in [-0.4, -0.2) is 15.7 Å². The highest BCUT2D eigenvalue weighted by atomic mass is 35.5. The molecule has 0 bridgehead atoms. The van der Waals surface area contributed by atoms with Gasteiger partial charge in [-0.15, -0.1) is 0 Å². The molecule has 0 aliphatic rings. The van der Waals surface area contributed by atoms with E-state index in [1.807, 2.05) is 0 Å². The van der Waals surface area contributed by atoms with E-state index in [1.54, 1.807) is 19.3 Å². The maximum absolute atomic E-state index is 13.9. The molecule has 25 heavy (non-hydrogen) atoms. The number of anilines is 3. The van der Waals surface area contributed by atoms with Crippen molar-refractivity contribution in [3.05, 3.63) is 71.0 Å². The number of nitrogens with zero attached hydrogens (tertiary/aromatic N) is 2. The minimum Gasteiger partial charge on any atom is -0.352 e. The smallest absolute Gasteiger partial charge is 0.278 e. The van der Waals surface area contributed by atoms with Crippen molar-refractivity contribution >= 4 is 34.6 Å². The Bertz CT molecular complexity index is 942. The number of aryl methyl sites for hydroxylation is 1. The molecule has 0 aliphatic heterocycles. The van der Waals surface area contributed by atoms with Gasteiger partial charge in [0.15, 0.2) is 11.5 Å². The van der Waals surface area contributed by atoms with Crippen LogP contribution < -0.4 is 10.6 Å². The zero-order chi connectivity index (χ0) is 18.0. The van der Waals surface area contributed by atoms with Gasteiger partial charge in [0.2, 0.25) is 0 Å². The van der Waals surface area contributed by atoms with Crippen LogP contribution in [0.25, 0.3) is 0 Å². The number of benzene rings is 2. The summed E-state index contributed by atoms with van der Waals surface area (Å²) >= 11 is 5.71. The minimum absolute atomic E-state index is 0.0335. The van der Waals surface area contributed by atoms with Crippen LogP contribution in [0, 0.1) is 11.6 Å². The molecule has 2 aromatic carbocycles. The fourth-order valence-electron chi connectivity index (χ4n) is 2.25. The van der Waals surface area contributed by atoms with Gasteiger partial charge in [0.1, 0.15) is 5.82 Å². The predicted octanol–water partition coefficient (Wildman–Crippen LogP) is 4.35. The van der Waals surface area contributed by atoms with Crippen molar-refractivity contribution in [2.24, 2.45) is 7.05 Å². The molecular formula is C17H13ClF2N4O. The van der Waals surface area contributed by atoms with Crippen LogP contribution in [-0.2, 0) is 7.05 Å². The zero-order valence-electron chi connectivity index (χ0n) is 13.1. The fraction of sp³-hybridized carbons (Fsp3) is 0.0588. The molecule has 8 heteroatoms. The van der Waals surface area contributed by atoms with Crippen molar-refractivity contribution in [3.63, 3.8) is 0 Å². The van der Waals surface area contributed by atoms with Crippen LogP contribution in [0.15, 0.2) is 48.7 Å². The van der Waals surface area contributed by atoms with E-state index in [9.17, 15) is 13.6 Å². The molecule has 0 atom stereocenters. The number of nitrogens with one attached hydrogen (secondary N) is 2. The van der Waals surface area contributed by atoms with Crippen molar-refractivity contribution in [1.29, 1.82) is 0 Å². The molecule has 0 aliphatic carbocycles. The summed E-state index contributed by atoms with van der Waals surface area (Å²) in [6.07, 6.45) is 1.56. The maximum Gasteiger partial charge on any atom is 0.278 e. The van der Waals surface area contributed by atoms with Crippen molar-refractivity contribution in [1.82, 2.24) is 9.78 Å². The van der Waals surface area contributed by atoms with Crippen molar-refractivity contribution in [3.8, 4) is 0 Å². The van der Waals surface area contributed by atoms with Crippen molar-refractivity contribution in [2.75, 3.05) is 10.6 Å². The van der Waals surface area contributed by atoms with Gasteiger partial charge in [-0.2, -0.15) is 5.10 Å². The van der Waals surface area contributed by atoms with E-state index in [1.165, 1.54) is 41.1 Å². The lowest BCUT2D eigenvalue weighted by molar-refractivity contribution is 0.102. The third kappa shape index (κ3) is 3.77. The second-order valence-electron chi connectivity index (χ2n) is 5.26. The molecular weight excluding hydrogens is 350 g/mol. The molecule has 0 spiro atoms. The van der Waals surface area contributed by atoms with Crippen molar-refractivity contribution < 1.29 is 13.6 Å². The first-order chi connectivity index (χ1) is 11.9. The molecule has 2 N–H and O–H groups in total. The lowest BCUT2D eigenvalue weighted by Crippen LogP contribution is -2.15. The van der Waals surface area contributed by atoms with Gasteiger partial charge in [0.05, 0.1) is 16.4 Å². The third-order valence-electron chi connectivity index (χ3n) is 3.35. The van der Waals surface area contributed by atoms with Crippen LogP contribution in [0.4, 0.5) is 25.8 Å². The standard InChI is InChI=1S/C17H13ClF2N4O/c1-24-9-14(21-11-5-2-4-10(19)8-11)16(23-24)17(25)22-13-7-3-6-12(18)15(13)20/h2-9,21H,1H3,(H,22,25). The van der Waals surface area contributed by atoms with Gasteiger partial charge < -0.3 is 10.6 Å². The topological polar surface area (TPSA) is 59.0 Å². The number of hydrogen-bond acceptors (Lipinski definition) is 3. The molecule has 128 valence electrons. The second-order valence-corrected chi connectivity index (χ2v) is 5.66. The largest absolute Gasteiger partial charge is 0.352 e. The summed E-state index contributed by atoms with van der Waals surface area (Å²) in [4.78, 5) is 12.5. The molecule has 0 radical (unpaired) electrons. The summed E-state index contributed by atoms with van der Waals surface area (Å²) in [5.74, 6) is -1.77. The van der Waals surface area contributed by atoms with Gasteiger partial charge in [0.25, 0.3) is 5.91 Å². The highest BCUT2D eigenvalue weighted by molar-refractivity contribution is 6.31. The summed E-state index contributed by atoms with van der Waals surface area (Å²) < 4.78 is 28.7. The Morgan fingerprint density at radius 1 is 1.16 bits per heavy atom. The predicted molar refractivity (Wildman–Crippen MR) is 92.3 cm³/mol. The number of rotatable bonds is 4. The summed E-state index contributed by atoms with van der Waals surface area (Å²) in [5.41, 5.74) is 0.787. The van der Waals surface area contributed by atoms with E-state index in [0.29, 0.717) is 11.4 Å². The monoisotopic (exact) mass is 362 g/mol. The Hall–Kier alpha value is -2.93. The summed E-state index contributed by atoms with van der Waals surface area (Å²) in [6, 6.07) is 10.1. The van der Waals surface area contributed by atoms with Gasteiger partial charge in [-0.25, -0.2) is 8.78 Å². The van der Waals surface area contributed by atoms with Crippen LogP contribution in [0.3, 0.4) is 0 Å². The number of halogens is 3. The molecule has 1 heterocycles. The first kappa shape index (κ1) is 16.9. The Morgan fingerprint density at radius 2 is 1.92 bits per heavy atom. The molecule has 3 aromatic rings. The molecule has 0 saturated carbocycles. The average Bonchev–Trinajstić information content (AvgIpc) is 2.92. The number of carbonyl (C=O) groups is 1.